The number of benzene rings is 4. The first-order valence-corrected chi connectivity index (χ1v) is 9.82. The van der Waals surface area contributed by atoms with Gasteiger partial charge in [0.2, 0.25) is 0 Å². The molecule has 0 saturated heterocycles. The number of anilines is 1. The van der Waals surface area contributed by atoms with Gasteiger partial charge in [-0.1, -0.05) is 103 Å². The molecule has 4 aromatic rings. The molecule has 0 amide bonds. The van der Waals surface area contributed by atoms with Gasteiger partial charge in [-0.25, -0.2) is 0 Å². The third-order valence-corrected chi connectivity index (χ3v) is 4.99. The van der Waals surface area contributed by atoms with Gasteiger partial charge in [0.15, 0.2) is 0 Å². The molecular formula is C27H25N. The van der Waals surface area contributed by atoms with Gasteiger partial charge in [0, 0.05) is 18.8 Å². The van der Waals surface area contributed by atoms with Crippen LogP contribution in [0, 0.1) is 0 Å². The Morgan fingerprint density at radius 1 is 0.393 bits per heavy atom. The highest BCUT2D eigenvalue weighted by Crippen LogP contribution is 2.22. The van der Waals surface area contributed by atoms with Gasteiger partial charge in [0.05, 0.1) is 0 Å². The van der Waals surface area contributed by atoms with Crippen LogP contribution in [0.15, 0.2) is 115 Å². The topological polar surface area (TPSA) is 3.24 Å². The van der Waals surface area contributed by atoms with Crippen LogP contribution in [0.4, 0.5) is 5.69 Å². The first-order chi connectivity index (χ1) is 13.9. The fourth-order valence-electron chi connectivity index (χ4n) is 3.50. The summed E-state index contributed by atoms with van der Waals surface area (Å²) in [5.74, 6) is 0. The Morgan fingerprint density at radius 2 is 0.786 bits per heavy atom. The molecule has 0 N–H and O–H groups in total. The Hall–Kier alpha value is -3.32. The van der Waals surface area contributed by atoms with Gasteiger partial charge >= 0.3 is 0 Å². The zero-order valence-corrected chi connectivity index (χ0v) is 16.0. The van der Waals surface area contributed by atoms with Gasteiger partial charge in [-0.15, -0.1) is 0 Å². The first kappa shape index (κ1) is 18.1. The van der Waals surface area contributed by atoms with Gasteiger partial charge < -0.3 is 4.90 Å². The molecule has 0 fully saturated rings. The molecule has 138 valence electrons. The van der Waals surface area contributed by atoms with Crippen molar-refractivity contribution in [1.82, 2.24) is 0 Å². The van der Waals surface area contributed by atoms with E-state index in [0.717, 1.165) is 19.5 Å². The maximum absolute atomic E-state index is 2.44. The van der Waals surface area contributed by atoms with Crippen molar-refractivity contribution in [3.05, 3.63) is 138 Å². The smallest absolute Gasteiger partial charge is 0.0433 e. The molecule has 0 bridgehead atoms. The van der Waals surface area contributed by atoms with Gasteiger partial charge in [0.1, 0.15) is 0 Å². The first-order valence-electron chi connectivity index (χ1n) is 9.82. The van der Waals surface area contributed by atoms with Crippen molar-refractivity contribution in [3.8, 4) is 0 Å². The molecule has 0 spiro atoms. The molecule has 28 heavy (non-hydrogen) atoms. The van der Waals surface area contributed by atoms with E-state index in [0.29, 0.717) is 0 Å². The molecule has 0 unspecified atom stereocenters. The van der Waals surface area contributed by atoms with E-state index in [1.54, 1.807) is 0 Å². The summed E-state index contributed by atoms with van der Waals surface area (Å²) >= 11 is 0. The Bertz CT molecular complexity index is 919. The number of rotatable bonds is 7. The van der Waals surface area contributed by atoms with E-state index in [4.69, 9.17) is 0 Å². The molecule has 1 heteroatoms. The monoisotopic (exact) mass is 363 g/mol. The normalized spacial score (nSPS) is 10.6. The largest absolute Gasteiger partial charge is 0.363 e. The maximum Gasteiger partial charge on any atom is 0.0433 e. The van der Waals surface area contributed by atoms with Crippen LogP contribution in [-0.2, 0) is 19.5 Å². The Kier molecular flexibility index (Phi) is 5.84. The van der Waals surface area contributed by atoms with Gasteiger partial charge in [-0.2, -0.15) is 0 Å². The van der Waals surface area contributed by atoms with E-state index >= 15 is 0 Å². The van der Waals surface area contributed by atoms with Crippen molar-refractivity contribution in [2.75, 3.05) is 4.90 Å². The van der Waals surface area contributed by atoms with Crippen LogP contribution in [-0.4, -0.2) is 0 Å². The minimum absolute atomic E-state index is 0.897. The van der Waals surface area contributed by atoms with Crippen molar-refractivity contribution < 1.29 is 0 Å². The standard InChI is InChI=1S/C27H25N/c1-4-10-23(11-5-1)20-24-16-18-27(19-17-24)28(21-25-12-6-2-7-13-25)22-26-14-8-3-9-15-26/h1-19H,20-22H2. The van der Waals surface area contributed by atoms with E-state index < -0.39 is 0 Å². The molecule has 0 aliphatic rings. The predicted octanol–water partition coefficient (Wildman–Crippen LogP) is 6.48. The summed E-state index contributed by atoms with van der Waals surface area (Å²) in [7, 11) is 0. The average Bonchev–Trinajstić information content (AvgIpc) is 2.76. The second-order valence-corrected chi connectivity index (χ2v) is 7.16. The zero-order valence-electron chi connectivity index (χ0n) is 16.0. The fourth-order valence-corrected chi connectivity index (χ4v) is 3.50. The highest BCUT2D eigenvalue weighted by molar-refractivity contribution is 5.49. The van der Waals surface area contributed by atoms with E-state index in [1.807, 2.05) is 0 Å². The summed E-state index contributed by atoms with van der Waals surface area (Å²) in [4.78, 5) is 2.44. The van der Waals surface area contributed by atoms with Gasteiger partial charge in [-0.3, -0.25) is 0 Å². The van der Waals surface area contributed by atoms with Crippen LogP contribution in [0.5, 0.6) is 0 Å². The van der Waals surface area contributed by atoms with Crippen molar-refractivity contribution >= 4 is 5.69 Å². The van der Waals surface area contributed by atoms with Crippen molar-refractivity contribution in [2.24, 2.45) is 0 Å². The fraction of sp³-hybridized carbons (Fsp3) is 0.111. The van der Waals surface area contributed by atoms with Crippen LogP contribution in [0.3, 0.4) is 0 Å². The Balaban J connectivity index is 1.54. The lowest BCUT2D eigenvalue weighted by molar-refractivity contribution is 0.799. The molecule has 0 atom stereocenters. The Morgan fingerprint density at radius 3 is 1.25 bits per heavy atom. The van der Waals surface area contributed by atoms with Gasteiger partial charge in [0.25, 0.3) is 0 Å². The van der Waals surface area contributed by atoms with Crippen molar-refractivity contribution in [2.45, 2.75) is 19.5 Å². The summed E-state index contributed by atoms with van der Waals surface area (Å²) in [6.45, 7) is 1.79. The maximum atomic E-state index is 2.44. The summed E-state index contributed by atoms with van der Waals surface area (Å²) in [6, 6.07) is 41.0. The van der Waals surface area contributed by atoms with E-state index in [-0.39, 0.29) is 0 Å². The summed E-state index contributed by atoms with van der Waals surface area (Å²) in [5, 5.41) is 0. The third kappa shape index (κ3) is 4.89. The molecule has 0 radical (unpaired) electrons. The average molecular weight is 364 g/mol. The molecule has 0 aliphatic carbocycles. The zero-order chi connectivity index (χ0) is 19.0. The number of hydrogen-bond donors (Lipinski definition) is 0. The second-order valence-electron chi connectivity index (χ2n) is 7.16. The van der Waals surface area contributed by atoms with Gasteiger partial charge in [-0.05, 0) is 40.8 Å². The van der Waals surface area contributed by atoms with Crippen molar-refractivity contribution in [3.63, 3.8) is 0 Å². The molecule has 4 rings (SSSR count). The third-order valence-electron chi connectivity index (χ3n) is 4.99. The predicted molar refractivity (Wildman–Crippen MR) is 118 cm³/mol. The van der Waals surface area contributed by atoms with E-state index in [9.17, 15) is 0 Å². The molecule has 1 nitrogen and oxygen atoms in total. The SMILES string of the molecule is c1ccc(Cc2ccc(N(Cc3ccccc3)Cc3ccccc3)cc2)cc1. The highest BCUT2D eigenvalue weighted by Gasteiger charge is 2.09. The molecule has 0 aliphatic heterocycles. The lowest BCUT2D eigenvalue weighted by atomic mass is 10.0. The Labute approximate surface area is 167 Å². The minimum atomic E-state index is 0.897. The summed E-state index contributed by atoms with van der Waals surface area (Å²) in [5.41, 5.74) is 6.60. The van der Waals surface area contributed by atoms with E-state index in [2.05, 4.69) is 120 Å². The molecule has 0 aromatic heterocycles. The quantitative estimate of drug-likeness (QED) is 0.363. The lowest BCUT2D eigenvalue weighted by Gasteiger charge is -2.25. The molecule has 0 saturated carbocycles. The van der Waals surface area contributed by atoms with Crippen LogP contribution in [0.1, 0.15) is 22.3 Å². The minimum Gasteiger partial charge on any atom is -0.363 e. The second kappa shape index (κ2) is 9.05. The van der Waals surface area contributed by atoms with E-state index in [1.165, 1.54) is 27.9 Å². The molecule has 4 aromatic carbocycles. The van der Waals surface area contributed by atoms with Crippen LogP contribution < -0.4 is 4.90 Å². The summed E-state index contributed by atoms with van der Waals surface area (Å²) in [6.07, 6.45) is 0.971. The molecular weight excluding hydrogens is 338 g/mol. The van der Waals surface area contributed by atoms with Crippen LogP contribution in [0.25, 0.3) is 0 Å². The van der Waals surface area contributed by atoms with Crippen LogP contribution >= 0.6 is 0 Å². The highest BCUT2D eigenvalue weighted by atomic mass is 15.1. The number of hydrogen-bond acceptors (Lipinski definition) is 1. The number of nitrogens with zero attached hydrogens (tertiary/aromatic N) is 1. The van der Waals surface area contributed by atoms with Crippen molar-refractivity contribution in [1.29, 1.82) is 0 Å². The van der Waals surface area contributed by atoms with Crippen LogP contribution in [0.2, 0.25) is 0 Å². The summed E-state index contributed by atoms with van der Waals surface area (Å²) < 4.78 is 0. The lowest BCUT2D eigenvalue weighted by Crippen LogP contribution is -2.22. The molecule has 0 heterocycles.